The molecule has 0 aromatic heterocycles. The van der Waals surface area contributed by atoms with Crippen molar-refractivity contribution in [3.8, 4) is 0 Å². The van der Waals surface area contributed by atoms with E-state index in [-0.39, 0.29) is 12.6 Å². The minimum absolute atomic E-state index is 0.194. The van der Waals surface area contributed by atoms with Gasteiger partial charge in [0.25, 0.3) is 0 Å². The van der Waals surface area contributed by atoms with E-state index in [0.29, 0.717) is 11.8 Å². The first-order valence-corrected chi connectivity index (χ1v) is 8.46. The Morgan fingerprint density at radius 1 is 0.536 bits per heavy atom. The molecule has 0 aliphatic carbocycles. The van der Waals surface area contributed by atoms with Crippen LogP contribution in [0.25, 0.3) is 0 Å². The van der Waals surface area contributed by atoms with E-state index in [0.717, 1.165) is 39.9 Å². The Morgan fingerprint density at radius 2 is 0.893 bits per heavy atom. The van der Waals surface area contributed by atoms with Gasteiger partial charge < -0.3 is 0 Å². The first-order chi connectivity index (χ1) is 14.1. The minimum atomic E-state index is 0.194. The van der Waals surface area contributed by atoms with Gasteiger partial charge >= 0.3 is 0 Å². The lowest BCUT2D eigenvalue weighted by Gasteiger charge is -1.94. The molecule has 5 rings (SSSR count). The lowest BCUT2D eigenvalue weighted by Crippen LogP contribution is -1.89. The molecule has 0 saturated carbocycles. The highest BCUT2D eigenvalue weighted by atomic mass is 16.2. The fourth-order valence-corrected chi connectivity index (χ4v) is 2.76. The molecule has 0 fully saturated rings. The molecule has 134 valence electrons. The van der Waals surface area contributed by atoms with Crippen LogP contribution >= 0.6 is 0 Å². The third kappa shape index (κ3) is 4.02. The summed E-state index contributed by atoms with van der Waals surface area (Å²) in [6.07, 6.45) is 21.4. The van der Waals surface area contributed by atoms with Crippen LogP contribution in [0, 0.1) is 0 Å². The van der Waals surface area contributed by atoms with Crippen LogP contribution in [0.2, 0.25) is 0 Å². The fourth-order valence-electron chi connectivity index (χ4n) is 2.76. The van der Waals surface area contributed by atoms with E-state index in [4.69, 9.17) is 11.0 Å². The van der Waals surface area contributed by atoms with E-state index in [1.54, 1.807) is 6.08 Å². The molecule has 0 spiro atoms. The second-order valence-corrected chi connectivity index (χ2v) is 5.94. The van der Waals surface area contributed by atoms with Crippen molar-refractivity contribution in [1.29, 1.82) is 0 Å². The van der Waals surface area contributed by atoms with E-state index in [1.807, 2.05) is 60.8 Å². The molecule has 5 heterocycles. The highest BCUT2D eigenvalue weighted by Gasteiger charge is 2.11. The van der Waals surface area contributed by atoms with Crippen molar-refractivity contribution in [2.45, 2.75) is 0 Å². The smallest absolute Gasteiger partial charge is 0.182 e. The summed E-state index contributed by atoms with van der Waals surface area (Å²) in [5.74, 6) is 0. The Kier molecular flexibility index (Phi) is 4.42. The SMILES string of the molecule is O=CC=O.[2H]C1=CC2=CC3=NC(=CC4=NC(=CC5=NC(=CC1=N2)C=C5)C=C4)C=C3. The van der Waals surface area contributed by atoms with Crippen LogP contribution < -0.4 is 0 Å². The number of fused-ring (bicyclic) bond motifs is 4. The Bertz CT molecular complexity index is 1170. The van der Waals surface area contributed by atoms with Crippen molar-refractivity contribution in [1.82, 2.24) is 0 Å². The van der Waals surface area contributed by atoms with Gasteiger partial charge in [-0.3, -0.25) is 9.59 Å². The molecule has 0 N–H and O–H groups in total. The van der Waals surface area contributed by atoms with E-state index in [2.05, 4.69) is 20.0 Å². The zero-order chi connectivity index (χ0) is 20.2. The van der Waals surface area contributed by atoms with E-state index in [9.17, 15) is 0 Å². The van der Waals surface area contributed by atoms with Gasteiger partial charge in [-0.1, -0.05) is 0 Å². The summed E-state index contributed by atoms with van der Waals surface area (Å²) in [6.45, 7) is 0. The van der Waals surface area contributed by atoms with Crippen molar-refractivity contribution in [2.75, 3.05) is 0 Å². The molecule has 0 aromatic carbocycles. The molecule has 6 nitrogen and oxygen atoms in total. The maximum atomic E-state index is 8.81. The molecule has 5 aliphatic heterocycles. The molecule has 5 aliphatic rings. The summed E-state index contributed by atoms with van der Waals surface area (Å²) < 4.78 is 8.11. The first-order valence-electron chi connectivity index (χ1n) is 8.96. The van der Waals surface area contributed by atoms with Crippen LogP contribution in [0.15, 0.2) is 116 Å². The van der Waals surface area contributed by atoms with Crippen molar-refractivity contribution in [3.63, 3.8) is 0 Å². The number of aldehydes is 2. The molecular formula is C22H14N4O2. The lowest BCUT2D eigenvalue weighted by atomic mass is 10.2. The fraction of sp³-hybridized carbons (Fsp3) is 0. The molecule has 6 heteroatoms. The summed E-state index contributed by atoms with van der Waals surface area (Å²) in [4.78, 5) is 35.8. The second kappa shape index (κ2) is 7.67. The summed E-state index contributed by atoms with van der Waals surface area (Å²) >= 11 is 0. The van der Waals surface area contributed by atoms with Gasteiger partial charge in [-0.15, -0.1) is 0 Å². The predicted octanol–water partition coefficient (Wildman–Crippen LogP) is 2.96. The number of hydrogen-bond donors (Lipinski definition) is 0. The third-order valence-electron chi connectivity index (χ3n) is 3.89. The van der Waals surface area contributed by atoms with Gasteiger partial charge in [0, 0.05) is 0 Å². The third-order valence-corrected chi connectivity index (χ3v) is 3.89. The van der Waals surface area contributed by atoms with Gasteiger partial charge in [0.2, 0.25) is 0 Å². The van der Waals surface area contributed by atoms with Crippen LogP contribution in [0.5, 0.6) is 0 Å². The van der Waals surface area contributed by atoms with Crippen LogP contribution in [0.1, 0.15) is 1.37 Å². The van der Waals surface area contributed by atoms with E-state index < -0.39 is 0 Å². The van der Waals surface area contributed by atoms with Gasteiger partial charge in [0.1, 0.15) is 0 Å². The van der Waals surface area contributed by atoms with Crippen LogP contribution in [-0.2, 0) is 9.59 Å². The maximum Gasteiger partial charge on any atom is 0.182 e. The summed E-state index contributed by atoms with van der Waals surface area (Å²) in [5.41, 5.74) is 6.33. The zero-order valence-corrected chi connectivity index (χ0v) is 14.6. The lowest BCUT2D eigenvalue weighted by molar-refractivity contribution is -0.122. The van der Waals surface area contributed by atoms with Gasteiger partial charge in [-0.25, -0.2) is 20.0 Å². The first kappa shape index (κ1) is 16.1. The minimum Gasteiger partial charge on any atom is -0.295 e. The normalized spacial score (nSPS) is 21.0. The molecule has 8 bridgehead atoms. The highest BCUT2D eigenvalue weighted by molar-refractivity contribution is 6.14. The topological polar surface area (TPSA) is 83.6 Å². The number of carbonyl (C=O) groups is 2. The monoisotopic (exact) mass is 367 g/mol. The zero-order valence-electron chi connectivity index (χ0n) is 15.6. The number of hydrogen-bond acceptors (Lipinski definition) is 6. The second-order valence-electron chi connectivity index (χ2n) is 5.94. The Labute approximate surface area is 162 Å². The number of aliphatic imine (C=N–C) groups is 4. The summed E-state index contributed by atoms with van der Waals surface area (Å²) in [6, 6.07) is 0.379. The van der Waals surface area contributed by atoms with Gasteiger partial charge in [-0.2, -0.15) is 0 Å². The highest BCUT2D eigenvalue weighted by Crippen LogP contribution is 2.20. The van der Waals surface area contributed by atoms with Gasteiger partial charge in [0.05, 0.1) is 47.0 Å². The van der Waals surface area contributed by atoms with E-state index in [1.165, 1.54) is 0 Å². The van der Waals surface area contributed by atoms with E-state index >= 15 is 0 Å². The number of allylic oxidation sites excluding steroid dienone is 12. The average Bonchev–Trinajstić information content (AvgIpc) is 3.48. The van der Waals surface area contributed by atoms with Crippen molar-refractivity contribution < 1.29 is 11.0 Å². The quantitative estimate of drug-likeness (QED) is 0.527. The Morgan fingerprint density at radius 3 is 1.32 bits per heavy atom. The van der Waals surface area contributed by atoms with Crippen LogP contribution in [-0.4, -0.2) is 35.4 Å². The average molecular weight is 367 g/mol. The number of carbonyl (C=O) groups excluding carboxylic acids is 2. The molecule has 0 unspecified atom stereocenters. The van der Waals surface area contributed by atoms with Crippen LogP contribution in [0.4, 0.5) is 0 Å². The number of rotatable bonds is 1. The summed E-state index contributed by atoms with van der Waals surface area (Å²) in [7, 11) is 0. The standard InChI is InChI=1S/C20H12N4.C2H2O2/c1-2-14-10-16-5-6-18(23-16)12-20-8-7-19(24-20)11-17-4-3-15(22-17)9-13(1)21-14;3-1-2-4/h1-12H;1-2H/i1D;. The van der Waals surface area contributed by atoms with Crippen molar-refractivity contribution in [2.24, 2.45) is 20.0 Å². The molecule has 0 saturated heterocycles. The van der Waals surface area contributed by atoms with Crippen LogP contribution in [0.3, 0.4) is 0 Å². The molecule has 0 aromatic rings. The molecule has 0 amide bonds. The van der Waals surface area contributed by atoms with Gasteiger partial charge in [0.15, 0.2) is 12.6 Å². The molecular weight excluding hydrogens is 352 g/mol. The van der Waals surface area contributed by atoms with Crippen molar-refractivity contribution in [3.05, 3.63) is 95.7 Å². The summed E-state index contributed by atoms with van der Waals surface area (Å²) in [5, 5.41) is 0. The van der Waals surface area contributed by atoms with Crippen molar-refractivity contribution >= 4 is 35.4 Å². The Balaban J connectivity index is 0.000000472. The molecule has 0 atom stereocenters. The molecule has 0 radical (unpaired) electrons. The number of nitrogens with zero attached hydrogens (tertiary/aromatic N) is 4. The maximum absolute atomic E-state index is 8.81. The molecule has 28 heavy (non-hydrogen) atoms. The Hall–Kier alpha value is -4.06. The predicted molar refractivity (Wildman–Crippen MR) is 111 cm³/mol. The largest absolute Gasteiger partial charge is 0.295 e. The van der Waals surface area contributed by atoms with Gasteiger partial charge in [-0.05, 0) is 72.9 Å².